The van der Waals surface area contributed by atoms with Gasteiger partial charge in [0.2, 0.25) is 0 Å². The van der Waals surface area contributed by atoms with Gasteiger partial charge >= 0.3 is 0 Å². The number of hydrogen-bond donors (Lipinski definition) is 2. The Hall–Kier alpha value is -1.14. The number of likely N-dealkylation sites (tertiary alicyclic amines) is 1. The van der Waals surface area contributed by atoms with Crippen LogP contribution in [0.2, 0.25) is 0 Å². The van der Waals surface area contributed by atoms with Crippen LogP contribution in [0.4, 0.5) is 0 Å². The molecule has 1 aromatic rings. The summed E-state index contributed by atoms with van der Waals surface area (Å²) >= 11 is 1.64. The second kappa shape index (κ2) is 5.27. The Morgan fingerprint density at radius 3 is 3.25 bits per heavy atom. The highest BCUT2D eigenvalue weighted by atomic mass is 32.1. The topological polar surface area (TPSA) is 74.7 Å². The third kappa shape index (κ3) is 2.51. The van der Waals surface area contributed by atoms with Crippen LogP contribution in [0.3, 0.4) is 0 Å². The lowest BCUT2D eigenvalue weighted by atomic mass is 10.0. The van der Waals surface area contributed by atoms with Gasteiger partial charge in [-0.2, -0.15) is 0 Å². The van der Waals surface area contributed by atoms with E-state index in [0.717, 1.165) is 30.9 Å². The highest BCUT2D eigenvalue weighted by Gasteiger charge is 2.26. The van der Waals surface area contributed by atoms with Crippen molar-refractivity contribution in [2.24, 2.45) is 10.9 Å². The Morgan fingerprint density at radius 1 is 1.69 bits per heavy atom. The first-order chi connectivity index (χ1) is 7.81. The number of amidine groups is 1. The summed E-state index contributed by atoms with van der Waals surface area (Å²) in [5.74, 6) is 0.316. The largest absolute Gasteiger partial charge is 0.409 e. The summed E-state index contributed by atoms with van der Waals surface area (Å²) in [5.41, 5.74) is 5.71. The van der Waals surface area contributed by atoms with Gasteiger partial charge in [0.25, 0.3) is 0 Å². The van der Waals surface area contributed by atoms with E-state index in [0.29, 0.717) is 5.84 Å². The molecule has 1 aromatic heterocycles. The van der Waals surface area contributed by atoms with Gasteiger partial charge in [0, 0.05) is 11.6 Å². The summed E-state index contributed by atoms with van der Waals surface area (Å²) in [6.45, 7) is 1.78. The van der Waals surface area contributed by atoms with Crippen LogP contribution in [0.1, 0.15) is 24.3 Å². The molecule has 3 N–H and O–H groups in total. The average Bonchev–Trinajstić information content (AvgIpc) is 2.82. The van der Waals surface area contributed by atoms with Crippen molar-refractivity contribution >= 4 is 17.2 Å². The van der Waals surface area contributed by atoms with E-state index in [9.17, 15) is 0 Å². The van der Waals surface area contributed by atoms with Crippen molar-refractivity contribution in [1.29, 1.82) is 0 Å². The number of thiazole rings is 1. The monoisotopic (exact) mass is 240 g/mol. The molecule has 16 heavy (non-hydrogen) atoms. The fraction of sp³-hybridized carbons (Fsp3) is 0.600. The van der Waals surface area contributed by atoms with Crippen LogP contribution in [0.5, 0.6) is 0 Å². The molecule has 2 rings (SSSR count). The Bertz CT molecular complexity index is 352. The normalized spacial score (nSPS) is 23.5. The second-order valence-corrected chi connectivity index (χ2v) is 4.91. The molecule has 1 saturated heterocycles. The second-order valence-electron chi connectivity index (χ2n) is 3.93. The lowest BCUT2D eigenvalue weighted by Gasteiger charge is -2.33. The fourth-order valence-corrected chi connectivity index (χ4v) is 2.73. The molecule has 88 valence electrons. The van der Waals surface area contributed by atoms with Crippen LogP contribution in [0, 0.1) is 0 Å². The zero-order chi connectivity index (χ0) is 11.4. The predicted molar refractivity (Wildman–Crippen MR) is 63.6 cm³/mol. The Balaban J connectivity index is 2.05. The van der Waals surface area contributed by atoms with E-state index in [4.69, 9.17) is 10.9 Å². The molecule has 1 aliphatic heterocycles. The van der Waals surface area contributed by atoms with E-state index >= 15 is 0 Å². The van der Waals surface area contributed by atoms with Gasteiger partial charge in [-0.25, -0.2) is 4.98 Å². The van der Waals surface area contributed by atoms with Crippen LogP contribution >= 0.6 is 11.3 Å². The number of hydrogen-bond acceptors (Lipinski definition) is 5. The molecule has 1 aliphatic rings. The van der Waals surface area contributed by atoms with E-state index < -0.39 is 0 Å². The Labute approximate surface area is 98.6 Å². The Kier molecular flexibility index (Phi) is 3.74. The maximum atomic E-state index is 8.75. The zero-order valence-electron chi connectivity index (χ0n) is 9.04. The smallest absolute Gasteiger partial charge is 0.156 e. The maximum absolute atomic E-state index is 8.75. The molecule has 0 bridgehead atoms. The average molecular weight is 240 g/mol. The SMILES string of the molecule is NC(=NO)C1CCCCN1Cc1nccs1. The van der Waals surface area contributed by atoms with Crippen molar-refractivity contribution < 1.29 is 5.21 Å². The summed E-state index contributed by atoms with van der Waals surface area (Å²) in [6, 6.07) is 0.0580. The predicted octanol–water partition coefficient (Wildman–Crippen LogP) is 1.24. The lowest BCUT2D eigenvalue weighted by molar-refractivity contribution is 0.178. The number of nitrogens with two attached hydrogens (primary N) is 1. The van der Waals surface area contributed by atoms with Crippen LogP contribution in [-0.4, -0.2) is 33.5 Å². The summed E-state index contributed by atoms with van der Waals surface area (Å²) in [7, 11) is 0. The molecule has 0 aromatic carbocycles. The van der Waals surface area contributed by atoms with E-state index in [1.165, 1.54) is 6.42 Å². The van der Waals surface area contributed by atoms with Crippen LogP contribution < -0.4 is 5.73 Å². The minimum absolute atomic E-state index is 0.0580. The highest BCUT2D eigenvalue weighted by molar-refractivity contribution is 7.09. The lowest BCUT2D eigenvalue weighted by Crippen LogP contribution is -2.47. The van der Waals surface area contributed by atoms with Gasteiger partial charge < -0.3 is 10.9 Å². The summed E-state index contributed by atoms with van der Waals surface area (Å²) in [4.78, 5) is 6.50. The Morgan fingerprint density at radius 2 is 2.56 bits per heavy atom. The standard InChI is InChI=1S/C10H16N4OS/c11-10(13-15)8-3-1-2-5-14(8)7-9-12-4-6-16-9/h4,6,8,15H,1-3,5,7H2,(H2,11,13). The number of rotatable bonds is 3. The minimum Gasteiger partial charge on any atom is -0.409 e. The van der Waals surface area contributed by atoms with Crippen molar-refractivity contribution in [3.8, 4) is 0 Å². The van der Waals surface area contributed by atoms with Crippen molar-refractivity contribution in [1.82, 2.24) is 9.88 Å². The molecule has 1 atom stereocenters. The van der Waals surface area contributed by atoms with Gasteiger partial charge in [-0.15, -0.1) is 11.3 Å². The van der Waals surface area contributed by atoms with Crippen LogP contribution in [-0.2, 0) is 6.54 Å². The molecule has 0 spiro atoms. The van der Waals surface area contributed by atoms with Gasteiger partial charge in [0.05, 0.1) is 12.6 Å². The molecule has 6 heteroatoms. The van der Waals surface area contributed by atoms with Crippen LogP contribution in [0.15, 0.2) is 16.7 Å². The summed E-state index contributed by atoms with van der Waals surface area (Å²) < 4.78 is 0. The molecule has 1 unspecified atom stereocenters. The van der Waals surface area contributed by atoms with Crippen LogP contribution in [0.25, 0.3) is 0 Å². The molecule has 0 amide bonds. The fourth-order valence-electron chi connectivity index (χ4n) is 2.09. The van der Waals surface area contributed by atoms with E-state index in [1.54, 1.807) is 11.3 Å². The first-order valence-corrected chi connectivity index (χ1v) is 6.29. The maximum Gasteiger partial charge on any atom is 0.156 e. The summed E-state index contributed by atoms with van der Waals surface area (Å²) in [6.07, 6.45) is 5.07. The van der Waals surface area contributed by atoms with Gasteiger partial charge in [-0.1, -0.05) is 11.6 Å². The molecule has 1 fully saturated rings. The quantitative estimate of drug-likeness (QED) is 0.361. The summed E-state index contributed by atoms with van der Waals surface area (Å²) in [5, 5.41) is 14.9. The van der Waals surface area contributed by atoms with E-state index in [1.807, 2.05) is 11.6 Å². The molecule has 0 saturated carbocycles. The number of piperidine rings is 1. The minimum atomic E-state index is 0.0580. The molecular formula is C10H16N4OS. The molecule has 5 nitrogen and oxygen atoms in total. The van der Waals surface area contributed by atoms with E-state index in [2.05, 4.69) is 15.0 Å². The number of aromatic nitrogens is 1. The van der Waals surface area contributed by atoms with Crippen molar-refractivity contribution in [3.05, 3.63) is 16.6 Å². The molecule has 2 heterocycles. The van der Waals surface area contributed by atoms with Gasteiger partial charge in [-0.05, 0) is 19.4 Å². The zero-order valence-corrected chi connectivity index (χ0v) is 9.86. The highest BCUT2D eigenvalue weighted by Crippen LogP contribution is 2.20. The van der Waals surface area contributed by atoms with Crippen molar-refractivity contribution in [2.75, 3.05) is 6.54 Å². The van der Waals surface area contributed by atoms with Crippen molar-refractivity contribution in [3.63, 3.8) is 0 Å². The number of nitrogens with zero attached hydrogens (tertiary/aromatic N) is 3. The van der Waals surface area contributed by atoms with Gasteiger partial charge in [-0.3, -0.25) is 4.90 Å². The first-order valence-electron chi connectivity index (χ1n) is 5.41. The third-order valence-electron chi connectivity index (χ3n) is 2.89. The van der Waals surface area contributed by atoms with Crippen molar-refractivity contribution in [2.45, 2.75) is 31.8 Å². The molecule has 0 radical (unpaired) electrons. The van der Waals surface area contributed by atoms with Gasteiger partial charge in [0.15, 0.2) is 5.84 Å². The molecular weight excluding hydrogens is 224 g/mol. The third-order valence-corrected chi connectivity index (χ3v) is 3.66. The number of oxime groups is 1. The van der Waals surface area contributed by atoms with Gasteiger partial charge in [0.1, 0.15) is 5.01 Å². The first kappa shape index (κ1) is 11.3. The van der Waals surface area contributed by atoms with E-state index in [-0.39, 0.29) is 6.04 Å². The molecule has 0 aliphatic carbocycles.